The smallest absolute Gasteiger partial charge is 0.416 e. The largest absolute Gasteiger partial charge is 0.505 e. The van der Waals surface area contributed by atoms with Crippen molar-refractivity contribution in [1.82, 2.24) is 9.97 Å². The first-order valence-corrected chi connectivity index (χ1v) is 8.44. The Balaban J connectivity index is 1.93. The standard InChI is InChI=1S/C17H9Cl3F3N3O/c18-11-5-10(6-12(19)15(11)27)24-14-7-13(20)25-16(26-14)8-1-3-9(4-2-8)17(21,22)23/h1-7,27H,(H,24,25,26). The zero-order valence-electron chi connectivity index (χ0n) is 13.2. The first kappa shape index (κ1) is 19.5. The third kappa shape index (κ3) is 4.55. The predicted molar refractivity (Wildman–Crippen MR) is 98.9 cm³/mol. The Bertz CT molecular complexity index is 972. The predicted octanol–water partition coefficient (Wildman–Crippen LogP) is 6.57. The average Bonchev–Trinajstić information content (AvgIpc) is 2.58. The minimum atomic E-state index is -4.43. The Morgan fingerprint density at radius 2 is 1.48 bits per heavy atom. The van der Waals surface area contributed by atoms with Crippen molar-refractivity contribution in [3.63, 3.8) is 0 Å². The summed E-state index contributed by atoms with van der Waals surface area (Å²) in [6.45, 7) is 0. The fourth-order valence-corrected chi connectivity index (χ4v) is 2.88. The van der Waals surface area contributed by atoms with E-state index >= 15 is 0 Å². The summed E-state index contributed by atoms with van der Waals surface area (Å²) in [5, 5.41) is 12.7. The summed E-state index contributed by atoms with van der Waals surface area (Å²) in [5.41, 5.74) is 0.00580. The average molecular weight is 435 g/mol. The van der Waals surface area contributed by atoms with Gasteiger partial charge in [0.25, 0.3) is 0 Å². The third-order valence-electron chi connectivity index (χ3n) is 3.45. The summed E-state index contributed by atoms with van der Waals surface area (Å²) in [7, 11) is 0. The van der Waals surface area contributed by atoms with E-state index in [0.717, 1.165) is 12.1 Å². The van der Waals surface area contributed by atoms with Crippen LogP contribution >= 0.6 is 34.8 Å². The quantitative estimate of drug-likeness (QED) is 0.361. The van der Waals surface area contributed by atoms with E-state index in [2.05, 4.69) is 15.3 Å². The van der Waals surface area contributed by atoms with Crippen LogP contribution in [0.4, 0.5) is 24.7 Å². The summed E-state index contributed by atoms with van der Waals surface area (Å²) in [5.74, 6) is 0.146. The van der Waals surface area contributed by atoms with Gasteiger partial charge in [-0.25, -0.2) is 9.97 Å². The molecule has 0 atom stereocenters. The lowest BCUT2D eigenvalue weighted by atomic mass is 10.1. The fourth-order valence-electron chi connectivity index (χ4n) is 2.20. The summed E-state index contributed by atoms with van der Waals surface area (Å²) < 4.78 is 38.1. The van der Waals surface area contributed by atoms with E-state index in [4.69, 9.17) is 34.8 Å². The molecule has 0 aliphatic rings. The SMILES string of the molecule is Oc1c(Cl)cc(Nc2cc(Cl)nc(-c3ccc(C(F)(F)F)cc3)n2)cc1Cl. The van der Waals surface area contributed by atoms with Gasteiger partial charge in [0.2, 0.25) is 0 Å². The maximum atomic E-state index is 12.7. The van der Waals surface area contributed by atoms with Crippen LogP contribution in [0.1, 0.15) is 5.56 Å². The number of hydrogen-bond acceptors (Lipinski definition) is 4. The molecule has 0 unspecified atom stereocenters. The molecule has 0 amide bonds. The monoisotopic (exact) mass is 433 g/mol. The molecule has 10 heteroatoms. The van der Waals surface area contributed by atoms with Gasteiger partial charge in [0, 0.05) is 17.3 Å². The molecule has 27 heavy (non-hydrogen) atoms. The van der Waals surface area contributed by atoms with Crippen LogP contribution in [0.5, 0.6) is 5.75 Å². The zero-order chi connectivity index (χ0) is 19.8. The van der Waals surface area contributed by atoms with E-state index in [-0.39, 0.29) is 32.6 Å². The minimum absolute atomic E-state index is 0.0353. The highest BCUT2D eigenvalue weighted by Gasteiger charge is 2.30. The molecular formula is C17H9Cl3F3N3O. The first-order valence-electron chi connectivity index (χ1n) is 7.31. The molecule has 0 fully saturated rings. The fraction of sp³-hybridized carbons (Fsp3) is 0.0588. The Morgan fingerprint density at radius 3 is 2.04 bits per heavy atom. The Kier molecular flexibility index (Phi) is 5.37. The number of benzene rings is 2. The van der Waals surface area contributed by atoms with E-state index in [1.807, 2.05) is 0 Å². The summed E-state index contributed by atoms with van der Waals surface area (Å²) in [6, 6.07) is 8.66. The van der Waals surface area contributed by atoms with Crippen LogP contribution in [0.2, 0.25) is 15.2 Å². The van der Waals surface area contributed by atoms with Gasteiger partial charge in [-0.15, -0.1) is 0 Å². The molecule has 3 aromatic rings. The van der Waals surface area contributed by atoms with E-state index in [1.165, 1.54) is 30.3 Å². The lowest BCUT2D eigenvalue weighted by Crippen LogP contribution is -2.04. The number of alkyl halides is 3. The number of halogens is 6. The van der Waals surface area contributed by atoms with Gasteiger partial charge < -0.3 is 10.4 Å². The van der Waals surface area contributed by atoms with Crippen LogP contribution in [0, 0.1) is 0 Å². The van der Waals surface area contributed by atoms with Gasteiger partial charge in [-0.05, 0) is 24.3 Å². The maximum absolute atomic E-state index is 12.7. The second kappa shape index (κ2) is 7.42. The van der Waals surface area contributed by atoms with Crippen LogP contribution in [0.25, 0.3) is 11.4 Å². The van der Waals surface area contributed by atoms with Gasteiger partial charge in [-0.3, -0.25) is 0 Å². The van der Waals surface area contributed by atoms with Crippen molar-refractivity contribution in [2.45, 2.75) is 6.18 Å². The van der Waals surface area contributed by atoms with Crippen LogP contribution < -0.4 is 5.32 Å². The van der Waals surface area contributed by atoms with Gasteiger partial charge in [0.05, 0.1) is 15.6 Å². The zero-order valence-corrected chi connectivity index (χ0v) is 15.4. The highest BCUT2D eigenvalue weighted by Crippen LogP contribution is 2.36. The minimum Gasteiger partial charge on any atom is -0.505 e. The van der Waals surface area contributed by atoms with Crippen LogP contribution in [-0.2, 0) is 6.18 Å². The Labute approximate surface area is 166 Å². The summed E-state index contributed by atoms with van der Waals surface area (Å²) >= 11 is 17.7. The van der Waals surface area contributed by atoms with Gasteiger partial charge in [0.1, 0.15) is 11.0 Å². The highest BCUT2D eigenvalue weighted by atomic mass is 35.5. The second-order valence-electron chi connectivity index (χ2n) is 5.39. The molecule has 0 radical (unpaired) electrons. The number of anilines is 2. The normalized spacial score (nSPS) is 11.5. The van der Waals surface area contributed by atoms with Crippen LogP contribution in [-0.4, -0.2) is 15.1 Å². The lowest BCUT2D eigenvalue weighted by molar-refractivity contribution is -0.137. The van der Waals surface area contributed by atoms with Crippen molar-refractivity contribution in [1.29, 1.82) is 0 Å². The number of phenolic OH excluding ortho intramolecular Hbond substituents is 1. The molecule has 1 heterocycles. The molecule has 0 aliphatic heterocycles. The molecule has 4 nitrogen and oxygen atoms in total. The van der Waals surface area contributed by atoms with Crippen molar-refractivity contribution < 1.29 is 18.3 Å². The number of aromatic nitrogens is 2. The molecule has 0 saturated carbocycles. The third-order valence-corrected chi connectivity index (χ3v) is 4.22. The molecular weight excluding hydrogens is 426 g/mol. The molecule has 1 aromatic heterocycles. The summed E-state index contributed by atoms with van der Waals surface area (Å²) in [6.07, 6.45) is -4.43. The Hall–Kier alpha value is -2.22. The summed E-state index contributed by atoms with van der Waals surface area (Å²) in [4.78, 5) is 8.26. The van der Waals surface area contributed by atoms with Crippen molar-refractivity contribution in [3.8, 4) is 17.1 Å². The Morgan fingerprint density at radius 1 is 0.889 bits per heavy atom. The van der Waals surface area contributed by atoms with Crippen molar-refractivity contribution in [3.05, 3.63) is 63.2 Å². The first-order chi connectivity index (χ1) is 12.6. The van der Waals surface area contributed by atoms with Gasteiger partial charge in [0.15, 0.2) is 11.6 Å². The van der Waals surface area contributed by atoms with Crippen molar-refractivity contribution in [2.75, 3.05) is 5.32 Å². The number of phenols is 1. The molecule has 0 aliphatic carbocycles. The van der Waals surface area contributed by atoms with E-state index in [9.17, 15) is 18.3 Å². The van der Waals surface area contributed by atoms with Gasteiger partial charge >= 0.3 is 6.18 Å². The topological polar surface area (TPSA) is 58.0 Å². The number of rotatable bonds is 3. The van der Waals surface area contributed by atoms with Crippen LogP contribution in [0.15, 0.2) is 42.5 Å². The highest BCUT2D eigenvalue weighted by molar-refractivity contribution is 6.37. The van der Waals surface area contributed by atoms with Crippen molar-refractivity contribution in [2.24, 2.45) is 0 Å². The number of nitrogens with zero attached hydrogens (tertiary/aromatic N) is 2. The van der Waals surface area contributed by atoms with Gasteiger partial charge in [-0.2, -0.15) is 13.2 Å². The number of nitrogens with one attached hydrogen (secondary N) is 1. The molecule has 2 aromatic carbocycles. The van der Waals surface area contributed by atoms with E-state index in [0.29, 0.717) is 11.3 Å². The van der Waals surface area contributed by atoms with Crippen LogP contribution in [0.3, 0.4) is 0 Å². The molecule has 140 valence electrons. The molecule has 3 rings (SSSR count). The molecule has 0 saturated heterocycles. The molecule has 0 bridgehead atoms. The maximum Gasteiger partial charge on any atom is 0.416 e. The lowest BCUT2D eigenvalue weighted by Gasteiger charge is -2.11. The van der Waals surface area contributed by atoms with Crippen molar-refractivity contribution >= 4 is 46.3 Å². The molecule has 0 spiro atoms. The number of hydrogen-bond donors (Lipinski definition) is 2. The van der Waals surface area contributed by atoms with E-state index in [1.54, 1.807) is 0 Å². The van der Waals surface area contributed by atoms with Gasteiger partial charge in [-0.1, -0.05) is 46.9 Å². The number of aromatic hydroxyl groups is 1. The second-order valence-corrected chi connectivity index (χ2v) is 6.59. The molecule has 2 N–H and O–H groups in total. The van der Waals surface area contributed by atoms with E-state index < -0.39 is 11.7 Å².